The van der Waals surface area contributed by atoms with E-state index in [9.17, 15) is 0 Å². The van der Waals surface area contributed by atoms with E-state index in [0.717, 1.165) is 19.6 Å². The van der Waals surface area contributed by atoms with Crippen molar-refractivity contribution >= 4 is 0 Å². The summed E-state index contributed by atoms with van der Waals surface area (Å²) in [4.78, 5) is 4.83. The van der Waals surface area contributed by atoms with Crippen LogP contribution in [-0.4, -0.2) is 56.2 Å². The molecule has 1 aliphatic rings. The molecule has 78 valence electrons. The van der Waals surface area contributed by atoms with Gasteiger partial charge in [-0.2, -0.15) is 0 Å². The summed E-state index contributed by atoms with van der Waals surface area (Å²) in [6.45, 7) is 5.62. The van der Waals surface area contributed by atoms with Crippen LogP contribution in [0.2, 0.25) is 0 Å². The summed E-state index contributed by atoms with van der Waals surface area (Å²) in [5.74, 6) is 0. The Bertz CT molecular complexity index is 154. The molecule has 1 N–H and O–H groups in total. The Morgan fingerprint density at radius 2 is 2.15 bits per heavy atom. The number of nitrogens with zero attached hydrogens (tertiary/aromatic N) is 2. The zero-order valence-electron chi connectivity index (χ0n) is 9.43. The molecular weight excluding hydrogens is 162 g/mol. The van der Waals surface area contributed by atoms with E-state index in [1.165, 1.54) is 12.8 Å². The zero-order chi connectivity index (χ0) is 9.90. The first-order chi connectivity index (χ1) is 6.13. The zero-order valence-corrected chi connectivity index (χ0v) is 9.43. The third kappa shape index (κ3) is 2.03. The minimum atomic E-state index is 0.243. The Labute approximate surface area is 82.1 Å². The van der Waals surface area contributed by atoms with Crippen molar-refractivity contribution in [3.8, 4) is 0 Å². The summed E-state index contributed by atoms with van der Waals surface area (Å²) < 4.78 is 0. The van der Waals surface area contributed by atoms with Crippen LogP contribution in [0.5, 0.6) is 0 Å². The van der Waals surface area contributed by atoms with Gasteiger partial charge in [0.2, 0.25) is 0 Å². The van der Waals surface area contributed by atoms with Gasteiger partial charge >= 0.3 is 0 Å². The molecule has 1 saturated heterocycles. The van der Waals surface area contributed by atoms with Gasteiger partial charge in [0.1, 0.15) is 0 Å². The van der Waals surface area contributed by atoms with Gasteiger partial charge in [-0.1, -0.05) is 13.3 Å². The number of likely N-dealkylation sites (N-methyl/N-ethyl adjacent to an activating group) is 2. The van der Waals surface area contributed by atoms with E-state index in [2.05, 4.69) is 43.2 Å². The molecular formula is C10H23N3. The van der Waals surface area contributed by atoms with E-state index in [0.29, 0.717) is 0 Å². The molecule has 1 atom stereocenters. The maximum Gasteiger partial charge on any atom is 0.0858 e. The molecule has 0 radical (unpaired) electrons. The van der Waals surface area contributed by atoms with Gasteiger partial charge in [0.25, 0.3) is 0 Å². The lowest BCUT2D eigenvalue weighted by Gasteiger charge is -2.50. The van der Waals surface area contributed by atoms with E-state index in [4.69, 9.17) is 0 Å². The number of piperazine rings is 1. The highest BCUT2D eigenvalue weighted by molar-refractivity contribution is 4.91. The van der Waals surface area contributed by atoms with E-state index in [1.807, 2.05) is 0 Å². The minimum absolute atomic E-state index is 0.243. The van der Waals surface area contributed by atoms with Crippen molar-refractivity contribution in [1.82, 2.24) is 15.1 Å². The standard InChI is InChI=1S/C10H23N3/c1-5-6-10(12(2)3)9-11-7-8-13(10)4/h11H,5-9H2,1-4H3. The van der Waals surface area contributed by atoms with E-state index < -0.39 is 0 Å². The first-order valence-electron chi connectivity index (χ1n) is 5.23. The summed E-state index contributed by atoms with van der Waals surface area (Å²) >= 11 is 0. The third-order valence-electron chi connectivity index (χ3n) is 3.23. The smallest absolute Gasteiger partial charge is 0.0858 e. The molecule has 3 heteroatoms. The van der Waals surface area contributed by atoms with E-state index in [1.54, 1.807) is 0 Å². The molecule has 3 nitrogen and oxygen atoms in total. The average Bonchev–Trinajstić information content (AvgIpc) is 2.09. The van der Waals surface area contributed by atoms with Crippen molar-refractivity contribution in [2.75, 3.05) is 40.8 Å². The van der Waals surface area contributed by atoms with Crippen LogP contribution in [0.3, 0.4) is 0 Å². The first-order valence-corrected chi connectivity index (χ1v) is 5.23. The van der Waals surface area contributed by atoms with Crippen molar-refractivity contribution in [3.63, 3.8) is 0 Å². The van der Waals surface area contributed by atoms with E-state index >= 15 is 0 Å². The minimum Gasteiger partial charge on any atom is -0.312 e. The summed E-state index contributed by atoms with van der Waals surface area (Å²) in [5, 5.41) is 3.49. The van der Waals surface area contributed by atoms with Crippen molar-refractivity contribution in [3.05, 3.63) is 0 Å². The van der Waals surface area contributed by atoms with E-state index in [-0.39, 0.29) is 5.66 Å². The summed E-state index contributed by atoms with van der Waals surface area (Å²) in [6, 6.07) is 0. The van der Waals surface area contributed by atoms with Crippen LogP contribution in [0.15, 0.2) is 0 Å². The Morgan fingerprint density at radius 3 is 2.62 bits per heavy atom. The average molecular weight is 185 g/mol. The van der Waals surface area contributed by atoms with Gasteiger partial charge in [-0.05, 0) is 27.6 Å². The second-order valence-electron chi connectivity index (χ2n) is 4.23. The van der Waals surface area contributed by atoms with Crippen LogP contribution in [0.1, 0.15) is 19.8 Å². The molecule has 1 unspecified atom stereocenters. The second kappa shape index (κ2) is 4.40. The predicted molar refractivity (Wildman–Crippen MR) is 56.8 cm³/mol. The number of rotatable bonds is 3. The second-order valence-corrected chi connectivity index (χ2v) is 4.23. The topological polar surface area (TPSA) is 18.5 Å². The first kappa shape index (κ1) is 11.0. The Morgan fingerprint density at radius 1 is 1.46 bits per heavy atom. The molecule has 13 heavy (non-hydrogen) atoms. The lowest BCUT2D eigenvalue weighted by Crippen LogP contribution is -2.66. The Kier molecular flexibility index (Phi) is 3.71. The van der Waals surface area contributed by atoms with Crippen molar-refractivity contribution in [2.45, 2.75) is 25.4 Å². The van der Waals surface area contributed by atoms with Crippen LogP contribution in [-0.2, 0) is 0 Å². The van der Waals surface area contributed by atoms with Crippen LogP contribution in [0.25, 0.3) is 0 Å². The monoisotopic (exact) mass is 185 g/mol. The highest BCUT2D eigenvalue weighted by Crippen LogP contribution is 2.23. The molecule has 1 fully saturated rings. The van der Waals surface area contributed by atoms with Crippen molar-refractivity contribution < 1.29 is 0 Å². The molecule has 0 bridgehead atoms. The van der Waals surface area contributed by atoms with Crippen LogP contribution >= 0.6 is 0 Å². The fourth-order valence-corrected chi connectivity index (χ4v) is 2.28. The van der Waals surface area contributed by atoms with Gasteiger partial charge in [-0.25, -0.2) is 0 Å². The largest absolute Gasteiger partial charge is 0.312 e. The summed E-state index contributed by atoms with van der Waals surface area (Å²) in [6.07, 6.45) is 2.48. The predicted octanol–water partition coefficient (Wildman–Crippen LogP) is 0.579. The van der Waals surface area contributed by atoms with Gasteiger partial charge in [-0.3, -0.25) is 9.80 Å². The molecule has 1 heterocycles. The number of hydrogen-bond acceptors (Lipinski definition) is 3. The number of nitrogens with one attached hydrogen (secondary N) is 1. The molecule has 1 rings (SSSR count). The molecule has 0 spiro atoms. The normalized spacial score (nSPS) is 31.2. The number of hydrogen-bond donors (Lipinski definition) is 1. The van der Waals surface area contributed by atoms with Crippen molar-refractivity contribution in [2.24, 2.45) is 0 Å². The highest BCUT2D eigenvalue weighted by Gasteiger charge is 2.37. The third-order valence-corrected chi connectivity index (χ3v) is 3.23. The van der Waals surface area contributed by atoms with Crippen LogP contribution in [0, 0.1) is 0 Å². The van der Waals surface area contributed by atoms with Gasteiger partial charge in [0.15, 0.2) is 0 Å². The fraction of sp³-hybridized carbons (Fsp3) is 1.00. The molecule has 0 amide bonds. The summed E-state index contributed by atoms with van der Waals surface area (Å²) in [5.41, 5.74) is 0.243. The maximum absolute atomic E-state index is 3.49. The molecule has 0 aromatic heterocycles. The van der Waals surface area contributed by atoms with Crippen molar-refractivity contribution in [1.29, 1.82) is 0 Å². The molecule has 1 aliphatic heterocycles. The van der Waals surface area contributed by atoms with Gasteiger partial charge in [0.05, 0.1) is 5.66 Å². The lowest BCUT2D eigenvalue weighted by atomic mass is 9.99. The summed E-state index contributed by atoms with van der Waals surface area (Å²) in [7, 11) is 6.59. The molecule has 0 saturated carbocycles. The van der Waals surface area contributed by atoms with Gasteiger partial charge in [-0.15, -0.1) is 0 Å². The SMILES string of the molecule is CCCC1(N(C)C)CNCCN1C. The lowest BCUT2D eigenvalue weighted by molar-refractivity contribution is -0.0380. The van der Waals surface area contributed by atoms with Gasteiger partial charge < -0.3 is 5.32 Å². The Balaban J connectivity index is 2.73. The molecule has 0 aliphatic carbocycles. The van der Waals surface area contributed by atoms with Gasteiger partial charge in [0, 0.05) is 19.6 Å². The fourth-order valence-electron chi connectivity index (χ4n) is 2.28. The Hall–Kier alpha value is -0.120. The molecule has 0 aromatic carbocycles. The maximum atomic E-state index is 3.49. The molecule has 0 aromatic rings. The highest BCUT2D eigenvalue weighted by atomic mass is 15.4. The quantitative estimate of drug-likeness (QED) is 0.694. The van der Waals surface area contributed by atoms with Crippen LogP contribution in [0.4, 0.5) is 0 Å². The van der Waals surface area contributed by atoms with Crippen LogP contribution < -0.4 is 5.32 Å².